The SMILES string of the molecule is CNC(=O)NC(=O)C(C)Sc1nc(C)c(C)n1CC(C)C. The van der Waals surface area contributed by atoms with Crippen LogP contribution in [0, 0.1) is 19.8 Å². The molecule has 0 aromatic carbocycles. The second kappa shape index (κ2) is 7.49. The molecule has 1 unspecified atom stereocenters. The van der Waals surface area contributed by atoms with Crippen LogP contribution in [-0.2, 0) is 11.3 Å². The van der Waals surface area contributed by atoms with E-state index in [2.05, 4.69) is 34.0 Å². The monoisotopic (exact) mass is 312 g/mol. The fourth-order valence-electron chi connectivity index (χ4n) is 1.78. The van der Waals surface area contributed by atoms with E-state index in [0.29, 0.717) is 5.92 Å². The minimum absolute atomic E-state index is 0.325. The van der Waals surface area contributed by atoms with E-state index in [1.165, 1.54) is 18.8 Å². The number of urea groups is 1. The Bertz CT molecular complexity index is 525. The number of thioether (sulfide) groups is 1. The lowest BCUT2D eigenvalue weighted by atomic mass is 10.2. The Kier molecular flexibility index (Phi) is 6.26. The van der Waals surface area contributed by atoms with Gasteiger partial charge in [0.2, 0.25) is 5.91 Å². The summed E-state index contributed by atoms with van der Waals surface area (Å²) >= 11 is 1.37. The largest absolute Gasteiger partial charge is 0.341 e. The van der Waals surface area contributed by atoms with Crippen molar-refractivity contribution in [2.45, 2.75) is 51.6 Å². The van der Waals surface area contributed by atoms with Gasteiger partial charge in [0.15, 0.2) is 5.16 Å². The van der Waals surface area contributed by atoms with E-state index in [-0.39, 0.29) is 5.91 Å². The predicted octanol–water partition coefficient (Wildman–Crippen LogP) is 2.09. The first-order chi connectivity index (χ1) is 9.76. The number of imide groups is 1. The molecule has 0 bridgehead atoms. The van der Waals surface area contributed by atoms with Crippen LogP contribution >= 0.6 is 11.8 Å². The zero-order chi connectivity index (χ0) is 16.2. The van der Waals surface area contributed by atoms with Crippen molar-refractivity contribution >= 4 is 23.7 Å². The summed E-state index contributed by atoms with van der Waals surface area (Å²) in [7, 11) is 1.47. The van der Waals surface area contributed by atoms with Crippen LogP contribution in [-0.4, -0.2) is 33.8 Å². The number of nitrogens with one attached hydrogen (secondary N) is 2. The van der Waals surface area contributed by atoms with Crippen molar-refractivity contribution < 1.29 is 9.59 Å². The molecule has 0 aliphatic carbocycles. The van der Waals surface area contributed by atoms with Crippen LogP contribution in [0.4, 0.5) is 4.79 Å². The molecule has 1 heterocycles. The minimum Gasteiger partial charge on any atom is -0.341 e. The lowest BCUT2D eigenvalue weighted by Crippen LogP contribution is -2.41. The lowest BCUT2D eigenvalue weighted by Gasteiger charge is -2.15. The molecule has 0 aliphatic rings. The zero-order valence-electron chi connectivity index (χ0n) is 13.5. The van der Waals surface area contributed by atoms with Gasteiger partial charge in [-0.1, -0.05) is 25.6 Å². The van der Waals surface area contributed by atoms with Crippen molar-refractivity contribution in [1.29, 1.82) is 0 Å². The molecule has 1 atom stereocenters. The molecule has 0 radical (unpaired) electrons. The maximum absolute atomic E-state index is 11.9. The van der Waals surface area contributed by atoms with Gasteiger partial charge >= 0.3 is 6.03 Å². The first kappa shape index (κ1) is 17.6. The number of amides is 3. The number of imidazole rings is 1. The van der Waals surface area contributed by atoms with Crippen LogP contribution in [0.2, 0.25) is 0 Å². The number of carbonyl (C=O) groups excluding carboxylic acids is 2. The van der Waals surface area contributed by atoms with Gasteiger partial charge in [-0.2, -0.15) is 0 Å². The molecule has 0 saturated heterocycles. The Balaban J connectivity index is 2.84. The van der Waals surface area contributed by atoms with Crippen LogP contribution in [0.15, 0.2) is 5.16 Å². The fourth-order valence-corrected chi connectivity index (χ4v) is 2.79. The number of carbonyl (C=O) groups is 2. The van der Waals surface area contributed by atoms with Gasteiger partial charge in [-0.3, -0.25) is 10.1 Å². The van der Waals surface area contributed by atoms with Crippen molar-refractivity contribution in [2.75, 3.05) is 7.05 Å². The van der Waals surface area contributed by atoms with Gasteiger partial charge in [0.05, 0.1) is 10.9 Å². The predicted molar refractivity (Wildman–Crippen MR) is 84.5 cm³/mol. The number of rotatable bonds is 5. The number of aromatic nitrogens is 2. The van der Waals surface area contributed by atoms with E-state index < -0.39 is 11.3 Å². The van der Waals surface area contributed by atoms with Crippen molar-refractivity contribution in [1.82, 2.24) is 20.2 Å². The average Bonchev–Trinajstić information content (AvgIpc) is 2.65. The number of nitrogens with zero attached hydrogens (tertiary/aromatic N) is 2. The molecule has 0 fully saturated rings. The van der Waals surface area contributed by atoms with Gasteiger partial charge in [-0.25, -0.2) is 9.78 Å². The summed E-state index contributed by atoms with van der Waals surface area (Å²) < 4.78 is 2.13. The summed E-state index contributed by atoms with van der Waals surface area (Å²) in [4.78, 5) is 27.6. The van der Waals surface area contributed by atoms with E-state index in [9.17, 15) is 9.59 Å². The highest BCUT2D eigenvalue weighted by Gasteiger charge is 2.21. The maximum Gasteiger partial charge on any atom is 0.321 e. The minimum atomic E-state index is -0.495. The van der Waals surface area contributed by atoms with Gasteiger partial charge in [0, 0.05) is 19.3 Å². The van der Waals surface area contributed by atoms with Crippen LogP contribution < -0.4 is 10.6 Å². The van der Waals surface area contributed by atoms with E-state index in [1.807, 2.05) is 13.8 Å². The van der Waals surface area contributed by atoms with Crippen molar-refractivity contribution in [2.24, 2.45) is 5.92 Å². The molecule has 7 heteroatoms. The molecular weight excluding hydrogens is 288 g/mol. The molecule has 3 amide bonds. The summed E-state index contributed by atoms with van der Waals surface area (Å²) in [6.07, 6.45) is 0. The van der Waals surface area contributed by atoms with E-state index >= 15 is 0 Å². The molecule has 0 aliphatic heterocycles. The van der Waals surface area contributed by atoms with Gasteiger partial charge in [0.25, 0.3) is 0 Å². The van der Waals surface area contributed by atoms with Gasteiger partial charge in [-0.15, -0.1) is 0 Å². The van der Waals surface area contributed by atoms with Crippen molar-refractivity contribution in [3.05, 3.63) is 11.4 Å². The van der Waals surface area contributed by atoms with Crippen molar-refractivity contribution in [3.8, 4) is 0 Å². The third-order valence-electron chi connectivity index (χ3n) is 3.09. The molecule has 1 aromatic rings. The van der Waals surface area contributed by atoms with Crippen LogP contribution in [0.1, 0.15) is 32.2 Å². The van der Waals surface area contributed by atoms with Gasteiger partial charge < -0.3 is 9.88 Å². The van der Waals surface area contributed by atoms with Crippen molar-refractivity contribution in [3.63, 3.8) is 0 Å². The summed E-state index contributed by atoms with van der Waals surface area (Å²) in [5, 5.41) is 5.07. The topological polar surface area (TPSA) is 76.0 Å². The normalized spacial score (nSPS) is 12.3. The van der Waals surface area contributed by atoms with Crippen LogP contribution in [0.3, 0.4) is 0 Å². The zero-order valence-corrected chi connectivity index (χ0v) is 14.3. The molecule has 6 nitrogen and oxygen atoms in total. The standard InChI is InChI=1S/C14H24N4O2S/c1-8(2)7-18-10(4)9(3)16-14(18)21-11(5)12(19)17-13(20)15-6/h8,11H,7H2,1-6H3,(H2,15,17,19,20). The van der Waals surface area contributed by atoms with E-state index in [0.717, 1.165) is 23.1 Å². The molecule has 2 N–H and O–H groups in total. The third-order valence-corrected chi connectivity index (χ3v) is 4.18. The highest BCUT2D eigenvalue weighted by molar-refractivity contribution is 8.00. The Labute approximate surface area is 130 Å². The Morgan fingerprint density at radius 3 is 2.43 bits per heavy atom. The molecule has 0 saturated carbocycles. The first-order valence-corrected chi connectivity index (χ1v) is 7.87. The summed E-state index contributed by atoms with van der Waals surface area (Å²) in [6, 6.07) is -0.495. The second-order valence-electron chi connectivity index (χ2n) is 5.40. The summed E-state index contributed by atoms with van der Waals surface area (Å²) in [5.74, 6) is 0.167. The highest BCUT2D eigenvalue weighted by Crippen LogP contribution is 2.26. The van der Waals surface area contributed by atoms with Gasteiger partial charge in [0.1, 0.15) is 0 Å². The average molecular weight is 312 g/mol. The molecule has 1 aromatic heterocycles. The lowest BCUT2D eigenvalue weighted by molar-refractivity contribution is -0.119. The van der Waals surface area contributed by atoms with Gasteiger partial charge in [-0.05, 0) is 26.7 Å². The quantitative estimate of drug-likeness (QED) is 0.816. The van der Waals surface area contributed by atoms with Crippen LogP contribution in [0.5, 0.6) is 0 Å². The number of aryl methyl sites for hydroxylation is 1. The molecular formula is C14H24N4O2S. The Hall–Kier alpha value is -1.50. The smallest absolute Gasteiger partial charge is 0.321 e. The van der Waals surface area contributed by atoms with E-state index in [4.69, 9.17) is 0 Å². The highest BCUT2D eigenvalue weighted by atomic mass is 32.2. The Morgan fingerprint density at radius 1 is 1.29 bits per heavy atom. The summed E-state index contributed by atoms with van der Waals surface area (Å²) in [6.45, 7) is 10.9. The van der Waals surface area contributed by atoms with E-state index in [1.54, 1.807) is 6.92 Å². The molecule has 0 spiro atoms. The maximum atomic E-state index is 11.9. The number of hydrogen-bond acceptors (Lipinski definition) is 4. The molecule has 21 heavy (non-hydrogen) atoms. The fraction of sp³-hybridized carbons (Fsp3) is 0.643. The molecule has 1 rings (SSSR count). The Morgan fingerprint density at radius 2 is 1.90 bits per heavy atom. The second-order valence-corrected chi connectivity index (χ2v) is 6.71. The third kappa shape index (κ3) is 4.77. The molecule has 118 valence electrons. The van der Waals surface area contributed by atoms with Crippen LogP contribution in [0.25, 0.3) is 0 Å². The first-order valence-electron chi connectivity index (χ1n) is 6.99. The number of hydrogen-bond donors (Lipinski definition) is 2. The summed E-state index contributed by atoms with van der Waals surface area (Å²) in [5.41, 5.74) is 2.09.